The van der Waals surface area contributed by atoms with Gasteiger partial charge in [0, 0.05) is 12.6 Å². The van der Waals surface area contributed by atoms with Gasteiger partial charge in [0.25, 0.3) is 0 Å². The van der Waals surface area contributed by atoms with E-state index in [0.29, 0.717) is 12.0 Å². The van der Waals surface area contributed by atoms with Crippen LogP contribution in [0.5, 0.6) is 0 Å². The molecule has 0 spiro atoms. The zero-order chi connectivity index (χ0) is 12.1. The van der Waals surface area contributed by atoms with Crippen LogP contribution in [0.1, 0.15) is 19.3 Å². The molecular formula is C11H20N6. The molecule has 0 unspecified atom stereocenters. The van der Waals surface area contributed by atoms with Crippen LogP contribution < -0.4 is 10.6 Å². The van der Waals surface area contributed by atoms with Crippen molar-refractivity contribution in [3.63, 3.8) is 0 Å². The molecule has 1 saturated carbocycles. The first kappa shape index (κ1) is 12.0. The molecule has 17 heavy (non-hydrogen) atoms. The molecule has 0 bridgehead atoms. The molecule has 0 amide bonds. The average Bonchev–Trinajstić information content (AvgIpc) is 3.09. The van der Waals surface area contributed by atoms with Crippen LogP contribution in [0, 0.1) is 0 Å². The fraction of sp³-hybridized carbons (Fsp3) is 0.727. The number of hydrogen-bond acceptors (Lipinski definition) is 6. The number of nitrogens with zero attached hydrogens (tertiary/aromatic N) is 4. The lowest BCUT2D eigenvalue weighted by Gasteiger charge is -2.10. The highest BCUT2D eigenvalue weighted by molar-refractivity contribution is 5.37. The van der Waals surface area contributed by atoms with Gasteiger partial charge >= 0.3 is 0 Å². The Bertz CT molecular complexity index is 350. The first-order chi connectivity index (χ1) is 8.24. The third-order valence-electron chi connectivity index (χ3n) is 2.56. The number of aromatic nitrogens is 3. The molecule has 2 N–H and O–H groups in total. The quantitative estimate of drug-likeness (QED) is 0.683. The minimum absolute atomic E-state index is 0.556. The van der Waals surface area contributed by atoms with Gasteiger partial charge in [-0.1, -0.05) is 0 Å². The Labute approximate surface area is 102 Å². The molecule has 2 rings (SSSR count). The summed E-state index contributed by atoms with van der Waals surface area (Å²) in [6.45, 7) is 1.97. The van der Waals surface area contributed by atoms with Crippen LogP contribution in [0.15, 0.2) is 6.20 Å². The molecule has 6 nitrogen and oxygen atoms in total. The van der Waals surface area contributed by atoms with E-state index in [9.17, 15) is 0 Å². The lowest BCUT2D eigenvalue weighted by Crippen LogP contribution is -2.17. The van der Waals surface area contributed by atoms with E-state index in [4.69, 9.17) is 0 Å². The summed E-state index contributed by atoms with van der Waals surface area (Å²) in [5.41, 5.74) is 0. The molecule has 1 aliphatic carbocycles. The maximum absolute atomic E-state index is 4.36. The summed E-state index contributed by atoms with van der Waals surface area (Å²) in [5.74, 6) is 1.42. The van der Waals surface area contributed by atoms with Gasteiger partial charge in [0.1, 0.15) is 0 Å². The summed E-state index contributed by atoms with van der Waals surface area (Å²) in [6, 6.07) is 0.556. The van der Waals surface area contributed by atoms with E-state index < -0.39 is 0 Å². The van der Waals surface area contributed by atoms with Gasteiger partial charge in [0.05, 0.1) is 6.20 Å². The number of hydrogen-bond donors (Lipinski definition) is 2. The van der Waals surface area contributed by atoms with Crippen molar-refractivity contribution >= 4 is 11.8 Å². The van der Waals surface area contributed by atoms with Crippen molar-refractivity contribution in [1.29, 1.82) is 0 Å². The summed E-state index contributed by atoms with van der Waals surface area (Å²) in [4.78, 5) is 6.53. The molecule has 1 aliphatic rings. The van der Waals surface area contributed by atoms with Crippen molar-refractivity contribution in [2.24, 2.45) is 0 Å². The highest BCUT2D eigenvalue weighted by Crippen LogP contribution is 2.22. The van der Waals surface area contributed by atoms with Crippen molar-refractivity contribution in [1.82, 2.24) is 20.1 Å². The van der Waals surface area contributed by atoms with Gasteiger partial charge in [-0.15, -0.1) is 5.10 Å². The molecule has 94 valence electrons. The minimum Gasteiger partial charge on any atom is -0.369 e. The molecule has 0 atom stereocenters. The molecule has 6 heteroatoms. The van der Waals surface area contributed by atoms with Crippen molar-refractivity contribution in [3.05, 3.63) is 6.20 Å². The van der Waals surface area contributed by atoms with Gasteiger partial charge < -0.3 is 15.5 Å². The lowest BCUT2D eigenvalue weighted by atomic mass is 10.4. The van der Waals surface area contributed by atoms with Gasteiger partial charge in [-0.3, -0.25) is 0 Å². The monoisotopic (exact) mass is 236 g/mol. The lowest BCUT2D eigenvalue weighted by molar-refractivity contribution is 0.405. The van der Waals surface area contributed by atoms with E-state index in [0.717, 1.165) is 25.3 Å². The smallest absolute Gasteiger partial charge is 0.244 e. The van der Waals surface area contributed by atoms with Crippen LogP contribution in [0.2, 0.25) is 0 Å². The molecule has 1 fully saturated rings. The topological polar surface area (TPSA) is 66.0 Å². The second-order valence-corrected chi connectivity index (χ2v) is 4.67. The Balaban J connectivity index is 1.75. The zero-order valence-electron chi connectivity index (χ0n) is 10.5. The molecule has 0 aromatic carbocycles. The predicted molar refractivity (Wildman–Crippen MR) is 68.1 cm³/mol. The SMILES string of the molecule is CN(C)CCCNc1cnnc(NC2CC2)n1. The van der Waals surface area contributed by atoms with Crippen LogP contribution in [-0.2, 0) is 0 Å². The van der Waals surface area contributed by atoms with E-state index in [2.05, 4.69) is 44.8 Å². The van der Waals surface area contributed by atoms with Crippen LogP contribution in [-0.4, -0.2) is 53.3 Å². The summed E-state index contributed by atoms with van der Waals surface area (Å²) < 4.78 is 0. The Morgan fingerprint density at radius 1 is 1.41 bits per heavy atom. The zero-order valence-corrected chi connectivity index (χ0v) is 10.5. The molecule has 0 radical (unpaired) electrons. The first-order valence-electron chi connectivity index (χ1n) is 6.09. The fourth-order valence-corrected chi connectivity index (χ4v) is 1.47. The van der Waals surface area contributed by atoms with Gasteiger partial charge in [0.2, 0.25) is 5.95 Å². The summed E-state index contributed by atoms with van der Waals surface area (Å²) >= 11 is 0. The van der Waals surface area contributed by atoms with Crippen LogP contribution in [0.25, 0.3) is 0 Å². The normalized spacial score (nSPS) is 15.0. The third kappa shape index (κ3) is 4.52. The van der Waals surface area contributed by atoms with E-state index in [1.807, 2.05) is 0 Å². The summed E-state index contributed by atoms with van der Waals surface area (Å²) in [7, 11) is 4.15. The Morgan fingerprint density at radius 3 is 2.94 bits per heavy atom. The van der Waals surface area contributed by atoms with Crippen molar-refractivity contribution < 1.29 is 0 Å². The Morgan fingerprint density at radius 2 is 2.24 bits per heavy atom. The van der Waals surface area contributed by atoms with Crippen molar-refractivity contribution in [2.45, 2.75) is 25.3 Å². The van der Waals surface area contributed by atoms with E-state index >= 15 is 0 Å². The number of anilines is 2. The van der Waals surface area contributed by atoms with E-state index in [1.54, 1.807) is 6.20 Å². The second kappa shape index (κ2) is 5.77. The number of rotatable bonds is 7. The second-order valence-electron chi connectivity index (χ2n) is 4.67. The van der Waals surface area contributed by atoms with Crippen molar-refractivity contribution in [3.8, 4) is 0 Å². The fourth-order valence-electron chi connectivity index (χ4n) is 1.47. The molecule has 0 aliphatic heterocycles. The maximum Gasteiger partial charge on any atom is 0.244 e. The maximum atomic E-state index is 4.36. The van der Waals surface area contributed by atoms with Crippen molar-refractivity contribution in [2.75, 3.05) is 37.8 Å². The van der Waals surface area contributed by atoms with Gasteiger partial charge in [-0.2, -0.15) is 10.1 Å². The first-order valence-corrected chi connectivity index (χ1v) is 6.09. The molecule has 1 aromatic heterocycles. The van der Waals surface area contributed by atoms with Gasteiger partial charge in [0.15, 0.2) is 5.82 Å². The van der Waals surface area contributed by atoms with Gasteiger partial charge in [-0.25, -0.2) is 0 Å². The van der Waals surface area contributed by atoms with Gasteiger partial charge in [-0.05, 0) is 39.9 Å². The Hall–Kier alpha value is -1.43. The van der Waals surface area contributed by atoms with Crippen LogP contribution in [0.3, 0.4) is 0 Å². The van der Waals surface area contributed by atoms with E-state index in [-0.39, 0.29) is 0 Å². The van der Waals surface area contributed by atoms with E-state index in [1.165, 1.54) is 12.8 Å². The summed E-state index contributed by atoms with van der Waals surface area (Å²) in [5, 5.41) is 14.4. The largest absolute Gasteiger partial charge is 0.369 e. The van der Waals surface area contributed by atoms with Crippen LogP contribution in [0.4, 0.5) is 11.8 Å². The predicted octanol–water partition coefficient (Wildman–Crippen LogP) is 0.809. The molecule has 1 aromatic rings. The average molecular weight is 236 g/mol. The number of nitrogens with one attached hydrogen (secondary N) is 2. The highest BCUT2D eigenvalue weighted by Gasteiger charge is 2.22. The summed E-state index contributed by atoms with van der Waals surface area (Å²) in [6.07, 6.45) is 5.17. The highest BCUT2D eigenvalue weighted by atomic mass is 15.3. The third-order valence-corrected chi connectivity index (χ3v) is 2.56. The molecule has 1 heterocycles. The minimum atomic E-state index is 0.556. The standard InChI is InChI=1S/C11H20N6/c1-17(2)7-3-6-12-10-8-13-16-11(15-10)14-9-4-5-9/h8-9H,3-7H2,1-2H3,(H2,12,14,15,16). The molecular weight excluding hydrogens is 216 g/mol. The Kier molecular flexibility index (Phi) is 4.08. The molecule has 0 saturated heterocycles. The van der Waals surface area contributed by atoms with Crippen LogP contribution >= 0.6 is 0 Å².